The van der Waals surface area contributed by atoms with E-state index in [1.807, 2.05) is 0 Å². The van der Waals surface area contributed by atoms with Gasteiger partial charge in [-0.3, -0.25) is 0 Å². The fourth-order valence-corrected chi connectivity index (χ4v) is 2.10. The maximum Gasteiger partial charge on any atom is 0.332 e. The standard InChI is InChI=1S/C12H20N2O4/c15-11(16)10-4-3-9(18-10)7-14-12(17)13-6-5-8-1-2-8/h8-10H,1-7H2,(H,15,16)(H2,13,14,17). The van der Waals surface area contributed by atoms with Crippen LogP contribution < -0.4 is 10.6 Å². The zero-order valence-corrected chi connectivity index (χ0v) is 10.4. The Hall–Kier alpha value is -1.30. The van der Waals surface area contributed by atoms with Crippen molar-refractivity contribution in [2.75, 3.05) is 13.1 Å². The fourth-order valence-electron chi connectivity index (χ4n) is 2.10. The van der Waals surface area contributed by atoms with E-state index in [9.17, 15) is 9.59 Å². The Bertz CT molecular complexity index is 317. The Balaban J connectivity index is 1.53. The van der Waals surface area contributed by atoms with Gasteiger partial charge in [0, 0.05) is 13.1 Å². The predicted molar refractivity (Wildman–Crippen MR) is 64.3 cm³/mol. The highest BCUT2D eigenvalue weighted by Crippen LogP contribution is 2.31. The van der Waals surface area contributed by atoms with Gasteiger partial charge >= 0.3 is 12.0 Å². The Kier molecular flexibility index (Phi) is 4.41. The van der Waals surface area contributed by atoms with Crippen molar-refractivity contribution < 1.29 is 19.4 Å². The summed E-state index contributed by atoms with van der Waals surface area (Å²) in [6.45, 7) is 1.08. The number of carboxylic acid groups (broad SMARTS) is 1. The number of rotatable bonds is 6. The topological polar surface area (TPSA) is 87.7 Å². The molecular weight excluding hydrogens is 236 g/mol. The van der Waals surface area contributed by atoms with Gasteiger partial charge in [-0.15, -0.1) is 0 Å². The Morgan fingerprint density at radius 3 is 2.56 bits per heavy atom. The van der Waals surface area contributed by atoms with Gasteiger partial charge in [0.25, 0.3) is 0 Å². The molecule has 2 fully saturated rings. The van der Waals surface area contributed by atoms with Crippen molar-refractivity contribution in [3.05, 3.63) is 0 Å². The summed E-state index contributed by atoms with van der Waals surface area (Å²) in [7, 11) is 0. The molecule has 2 atom stereocenters. The van der Waals surface area contributed by atoms with Crippen LogP contribution in [0.4, 0.5) is 4.79 Å². The molecule has 2 aliphatic rings. The number of nitrogens with one attached hydrogen (secondary N) is 2. The SMILES string of the molecule is O=C(NCCC1CC1)NCC1CCC(C(=O)O)O1. The number of amides is 2. The summed E-state index contributed by atoms with van der Waals surface area (Å²) in [5, 5.41) is 14.3. The molecule has 0 aromatic heterocycles. The van der Waals surface area contributed by atoms with Crippen molar-refractivity contribution in [1.82, 2.24) is 10.6 Å². The molecular formula is C12H20N2O4. The first-order valence-electron chi connectivity index (χ1n) is 6.55. The minimum atomic E-state index is -0.925. The summed E-state index contributed by atoms with van der Waals surface area (Å²) >= 11 is 0. The largest absolute Gasteiger partial charge is 0.479 e. The van der Waals surface area contributed by atoms with Crippen LogP contribution in [0.25, 0.3) is 0 Å². The predicted octanol–water partition coefficient (Wildman–Crippen LogP) is 0.718. The molecule has 2 rings (SSSR count). The van der Waals surface area contributed by atoms with E-state index in [4.69, 9.17) is 9.84 Å². The van der Waals surface area contributed by atoms with Crippen LogP contribution >= 0.6 is 0 Å². The quantitative estimate of drug-likeness (QED) is 0.653. The van der Waals surface area contributed by atoms with E-state index in [2.05, 4.69) is 10.6 Å². The smallest absolute Gasteiger partial charge is 0.332 e. The van der Waals surface area contributed by atoms with Crippen LogP contribution in [0.2, 0.25) is 0 Å². The molecule has 3 N–H and O–H groups in total. The third kappa shape index (κ3) is 4.18. The van der Waals surface area contributed by atoms with Crippen molar-refractivity contribution in [2.45, 2.75) is 44.3 Å². The van der Waals surface area contributed by atoms with Crippen LogP contribution in [0.15, 0.2) is 0 Å². The second-order valence-corrected chi connectivity index (χ2v) is 5.03. The number of hydrogen-bond acceptors (Lipinski definition) is 3. The summed E-state index contributed by atoms with van der Waals surface area (Å²) in [4.78, 5) is 22.1. The summed E-state index contributed by atoms with van der Waals surface area (Å²) < 4.78 is 5.28. The molecule has 1 heterocycles. The lowest BCUT2D eigenvalue weighted by atomic mass is 10.2. The molecule has 0 bridgehead atoms. The van der Waals surface area contributed by atoms with Crippen LogP contribution in [-0.4, -0.2) is 42.4 Å². The van der Waals surface area contributed by atoms with Gasteiger partial charge in [0.1, 0.15) is 0 Å². The number of carbonyl (C=O) groups excluding carboxylic acids is 1. The number of hydrogen-bond donors (Lipinski definition) is 3. The Labute approximate surface area is 106 Å². The molecule has 0 spiro atoms. The van der Waals surface area contributed by atoms with Gasteiger partial charge in [0.2, 0.25) is 0 Å². The molecule has 102 valence electrons. The lowest BCUT2D eigenvalue weighted by molar-refractivity contribution is -0.149. The van der Waals surface area contributed by atoms with E-state index in [-0.39, 0.29) is 12.1 Å². The normalized spacial score (nSPS) is 26.9. The number of urea groups is 1. The molecule has 1 aliphatic carbocycles. The first-order valence-corrected chi connectivity index (χ1v) is 6.55. The minimum Gasteiger partial charge on any atom is -0.479 e. The summed E-state index contributed by atoms with van der Waals surface area (Å²) in [6.07, 6.45) is 3.93. The van der Waals surface area contributed by atoms with Gasteiger partial charge < -0.3 is 20.5 Å². The fraction of sp³-hybridized carbons (Fsp3) is 0.833. The van der Waals surface area contributed by atoms with E-state index >= 15 is 0 Å². The van der Waals surface area contributed by atoms with Crippen LogP contribution in [0.5, 0.6) is 0 Å². The van der Waals surface area contributed by atoms with E-state index in [1.165, 1.54) is 12.8 Å². The molecule has 6 heteroatoms. The first kappa shape index (κ1) is 13.1. The van der Waals surface area contributed by atoms with E-state index in [0.717, 1.165) is 12.3 Å². The van der Waals surface area contributed by atoms with Gasteiger partial charge in [0.05, 0.1) is 6.10 Å². The number of carboxylic acids is 1. The second kappa shape index (κ2) is 6.04. The lowest BCUT2D eigenvalue weighted by Gasteiger charge is -2.12. The van der Waals surface area contributed by atoms with Gasteiger partial charge in [-0.25, -0.2) is 9.59 Å². The van der Waals surface area contributed by atoms with Crippen LogP contribution in [0.1, 0.15) is 32.1 Å². The van der Waals surface area contributed by atoms with Crippen molar-refractivity contribution in [2.24, 2.45) is 5.92 Å². The lowest BCUT2D eigenvalue weighted by Crippen LogP contribution is -2.40. The number of aliphatic carboxylic acids is 1. The molecule has 0 aromatic rings. The van der Waals surface area contributed by atoms with Crippen LogP contribution in [0.3, 0.4) is 0 Å². The molecule has 1 saturated heterocycles. The van der Waals surface area contributed by atoms with E-state index in [1.54, 1.807) is 0 Å². The molecule has 1 saturated carbocycles. The molecule has 0 radical (unpaired) electrons. The molecule has 6 nitrogen and oxygen atoms in total. The first-order chi connectivity index (χ1) is 8.65. The molecule has 18 heavy (non-hydrogen) atoms. The Morgan fingerprint density at radius 2 is 1.94 bits per heavy atom. The maximum atomic E-state index is 11.4. The van der Waals surface area contributed by atoms with Crippen LogP contribution in [0, 0.1) is 5.92 Å². The molecule has 2 amide bonds. The summed E-state index contributed by atoms with van der Waals surface area (Å²) in [5.74, 6) is -0.119. The van der Waals surface area contributed by atoms with Crippen LogP contribution in [-0.2, 0) is 9.53 Å². The van der Waals surface area contributed by atoms with Crippen molar-refractivity contribution >= 4 is 12.0 Å². The highest BCUT2D eigenvalue weighted by molar-refractivity contribution is 5.74. The Morgan fingerprint density at radius 1 is 1.17 bits per heavy atom. The maximum absolute atomic E-state index is 11.4. The van der Waals surface area contributed by atoms with Crippen molar-refractivity contribution in [1.29, 1.82) is 0 Å². The number of carbonyl (C=O) groups is 2. The third-order valence-corrected chi connectivity index (χ3v) is 3.41. The molecule has 0 aromatic carbocycles. The average molecular weight is 256 g/mol. The molecule has 1 aliphatic heterocycles. The minimum absolute atomic E-state index is 0.180. The highest BCUT2D eigenvalue weighted by atomic mass is 16.5. The third-order valence-electron chi connectivity index (χ3n) is 3.41. The van der Waals surface area contributed by atoms with E-state index in [0.29, 0.717) is 25.9 Å². The summed E-state index contributed by atoms with van der Waals surface area (Å²) in [5.41, 5.74) is 0. The molecule has 2 unspecified atom stereocenters. The van der Waals surface area contributed by atoms with Gasteiger partial charge in [-0.05, 0) is 25.2 Å². The van der Waals surface area contributed by atoms with Gasteiger partial charge in [-0.2, -0.15) is 0 Å². The average Bonchev–Trinajstić information content (AvgIpc) is 3.02. The van der Waals surface area contributed by atoms with Crippen molar-refractivity contribution in [3.63, 3.8) is 0 Å². The van der Waals surface area contributed by atoms with Crippen molar-refractivity contribution in [3.8, 4) is 0 Å². The zero-order valence-electron chi connectivity index (χ0n) is 10.4. The highest BCUT2D eigenvalue weighted by Gasteiger charge is 2.30. The number of ether oxygens (including phenoxy) is 1. The van der Waals surface area contributed by atoms with Gasteiger partial charge in [0.15, 0.2) is 6.10 Å². The zero-order chi connectivity index (χ0) is 13.0. The monoisotopic (exact) mass is 256 g/mol. The van der Waals surface area contributed by atoms with Gasteiger partial charge in [-0.1, -0.05) is 12.8 Å². The van der Waals surface area contributed by atoms with E-state index < -0.39 is 12.1 Å². The summed E-state index contributed by atoms with van der Waals surface area (Å²) in [6, 6.07) is -0.196. The second-order valence-electron chi connectivity index (χ2n) is 5.03.